The Hall–Kier alpha value is -2.54. The molecule has 1 heterocycles. The second-order valence-corrected chi connectivity index (χ2v) is 5.18. The summed E-state index contributed by atoms with van der Waals surface area (Å²) in [5, 5.41) is 2.36. The molecular formula is C21H20O. The van der Waals surface area contributed by atoms with E-state index < -0.39 is 0 Å². The van der Waals surface area contributed by atoms with Gasteiger partial charge in [0.2, 0.25) is 0 Å². The van der Waals surface area contributed by atoms with Gasteiger partial charge in [0.15, 0.2) is 0 Å². The Balaban J connectivity index is 0.000000693. The van der Waals surface area contributed by atoms with Crippen molar-refractivity contribution in [1.82, 2.24) is 0 Å². The van der Waals surface area contributed by atoms with Gasteiger partial charge in [-0.1, -0.05) is 67.9 Å². The SMILES string of the molecule is CC.Cc1ccc(-c2ccc3c(c2)oc2ccccc23)cc1. The van der Waals surface area contributed by atoms with Gasteiger partial charge < -0.3 is 4.42 Å². The molecule has 4 aromatic rings. The molecular weight excluding hydrogens is 268 g/mol. The molecule has 22 heavy (non-hydrogen) atoms. The van der Waals surface area contributed by atoms with Crippen LogP contribution >= 0.6 is 0 Å². The zero-order chi connectivity index (χ0) is 15.5. The first-order valence-electron chi connectivity index (χ1n) is 7.79. The van der Waals surface area contributed by atoms with E-state index in [0.717, 1.165) is 11.2 Å². The summed E-state index contributed by atoms with van der Waals surface area (Å²) in [6.45, 7) is 6.10. The van der Waals surface area contributed by atoms with Gasteiger partial charge in [0.25, 0.3) is 0 Å². The molecule has 110 valence electrons. The van der Waals surface area contributed by atoms with Crippen LogP contribution in [0.2, 0.25) is 0 Å². The van der Waals surface area contributed by atoms with Crippen LogP contribution in [-0.2, 0) is 0 Å². The molecule has 0 aliphatic carbocycles. The van der Waals surface area contributed by atoms with Crippen molar-refractivity contribution in [1.29, 1.82) is 0 Å². The fourth-order valence-corrected chi connectivity index (χ4v) is 2.65. The lowest BCUT2D eigenvalue weighted by atomic mass is 10.0. The van der Waals surface area contributed by atoms with Gasteiger partial charge in [0.1, 0.15) is 11.2 Å². The fourth-order valence-electron chi connectivity index (χ4n) is 2.65. The number of furan rings is 1. The first-order valence-corrected chi connectivity index (χ1v) is 7.79. The van der Waals surface area contributed by atoms with E-state index in [1.807, 2.05) is 32.0 Å². The zero-order valence-electron chi connectivity index (χ0n) is 13.3. The lowest BCUT2D eigenvalue weighted by molar-refractivity contribution is 0.669. The van der Waals surface area contributed by atoms with E-state index in [4.69, 9.17) is 4.42 Å². The highest BCUT2D eigenvalue weighted by Gasteiger charge is 2.07. The van der Waals surface area contributed by atoms with Gasteiger partial charge in [0, 0.05) is 10.8 Å². The number of hydrogen-bond acceptors (Lipinski definition) is 1. The number of aryl methyl sites for hydroxylation is 1. The van der Waals surface area contributed by atoms with Gasteiger partial charge in [-0.2, -0.15) is 0 Å². The molecule has 0 aliphatic rings. The van der Waals surface area contributed by atoms with E-state index in [1.54, 1.807) is 0 Å². The summed E-state index contributed by atoms with van der Waals surface area (Å²) >= 11 is 0. The average molecular weight is 288 g/mol. The average Bonchev–Trinajstić information content (AvgIpc) is 2.95. The molecule has 0 spiro atoms. The maximum absolute atomic E-state index is 5.94. The van der Waals surface area contributed by atoms with Crippen molar-refractivity contribution < 1.29 is 4.42 Å². The molecule has 0 bridgehead atoms. The van der Waals surface area contributed by atoms with E-state index in [1.165, 1.54) is 27.5 Å². The minimum absolute atomic E-state index is 0.948. The molecule has 0 atom stereocenters. The molecule has 0 saturated carbocycles. The highest BCUT2D eigenvalue weighted by molar-refractivity contribution is 6.05. The van der Waals surface area contributed by atoms with Crippen LogP contribution in [0.5, 0.6) is 0 Å². The molecule has 4 rings (SSSR count). The van der Waals surface area contributed by atoms with Gasteiger partial charge >= 0.3 is 0 Å². The van der Waals surface area contributed by atoms with E-state index in [2.05, 4.69) is 55.5 Å². The fraction of sp³-hybridized carbons (Fsp3) is 0.143. The lowest BCUT2D eigenvalue weighted by Crippen LogP contribution is -1.78. The molecule has 0 fully saturated rings. The Kier molecular flexibility index (Phi) is 3.97. The van der Waals surface area contributed by atoms with Crippen LogP contribution < -0.4 is 0 Å². The predicted molar refractivity (Wildman–Crippen MR) is 95.2 cm³/mol. The minimum Gasteiger partial charge on any atom is -0.456 e. The number of para-hydroxylation sites is 1. The van der Waals surface area contributed by atoms with Crippen LogP contribution in [0.3, 0.4) is 0 Å². The molecule has 0 radical (unpaired) electrons. The Morgan fingerprint density at radius 2 is 1.27 bits per heavy atom. The Morgan fingerprint density at radius 3 is 2.05 bits per heavy atom. The largest absolute Gasteiger partial charge is 0.456 e. The van der Waals surface area contributed by atoms with Crippen molar-refractivity contribution in [2.45, 2.75) is 20.8 Å². The quantitative estimate of drug-likeness (QED) is 0.385. The lowest BCUT2D eigenvalue weighted by Gasteiger charge is -2.02. The summed E-state index contributed by atoms with van der Waals surface area (Å²) in [4.78, 5) is 0. The molecule has 1 aromatic heterocycles. The van der Waals surface area contributed by atoms with Crippen LogP contribution in [0.4, 0.5) is 0 Å². The van der Waals surface area contributed by atoms with Crippen LogP contribution in [0.25, 0.3) is 33.1 Å². The van der Waals surface area contributed by atoms with Crippen molar-refractivity contribution in [3.63, 3.8) is 0 Å². The second kappa shape index (κ2) is 6.07. The van der Waals surface area contributed by atoms with E-state index in [-0.39, 0.29) is 0 Å². The van der Waals surface area contributed by atoms with Crippen LogP contribution in [0, 0.1) is 6.92 Å². The third-order valence-electron chi connectivity index (χ3n) is 3.76. The Labute approximate surface area is 131 Å². The van der Waals surface area contributed by atoms with Gasteiger partial charge in [0.05, 0.1) is 0 Å². The van der Waals surface area contributed by atoms with E-state index in [9.17, 15) is 0 Å². The topological polar surface area (TPSA) is 13.1 Å². The third kappa shape index (κ3) is 2.50. The first kappa shape index (κ1) is 14.4. The maximum atomic E-state index is 5.94. The van der Waals surface area contributed by atoms with Gasteiger partial charge in [-0.15, -0.1) is 0 Å². The highest BCUT2D eigenvalue weighted by atomic mass is 16.3. The standard InChI is InChI=1S/C19H14O.C2H6/c1-13-6-8-14(9-7-13)15-10-11-17-16-4-2-3-5-18(16)20-19(17)12-15;1-2/h2-12H,1H3;1-2H3. The number of fused-ring (bicyclic) bond motifs is 3. The second-order valence-electron chi connectivity index (χ2n) is 5.18. The predicted octanol–water partition coefficient (Wildman–Crippen LogP) is 6.59. The van der Waals surface area contributed by atoms with E-state index in [0.29, 0.717) is 0 Å². The van der Waals surface area contributed by atoms with Crippen molar-refractivity contribution in [3.8, 4) is 11.1 Å². The summed E-state index contributed by atoms with van der Waals surface area (Å²) in [5.74, 6) is 0. The van der Waals surface area contributed by atoms with Crippen LogP contribution in [0.1, 0.15) is 19.4 Å². The monoisotopic (exact) mass is 288 g/mol. The van der Waals surface area contributed by atoms with E-state index >= 15 is 0 Å². The summed E-state index contributed by atoms with van der Waals surface area (Å²) in [6, 6.07) is 23.2. The number of benzene rings is 3. The molecule has 0 unspecified atom stereocenters. The van der Waals surface area contributed by atoms with Crippen molar-refractivity contribution in [2.24, 2.45) is 0 Å². The molecule has 0 N–H and O–H groups in total. The molecule has 3 aromatic carbocycles. The maximum Gasteiger partial charge on any atom is 0.136 e. The molecule has 0 amide bonds. The van der Waals surface area contributed by atoms with Gasteiger partial charge in [-0.25, -0.2) is 0 Å². The Bertz CT molecular complexity index is 898. The smallest absolute Gasteiger partial charge is 0.136 e. The molecule has 0 aliphatic heterocycles. The molecule has 1 heteroatoms. The first-order chi connectivity index (χ1) is 10.8. The van der Waals surface area contributed by atoms with Crippen LogP contribution in [-0.4, -0.2) is 0 Å². The minimum atomic E-state index is 0.948. The van der Waals surface area contributed by atoms with Crippen molar-refractivity contribution >= 4 is 21.9 Å². The highest BCUT2D eigenvalue weighted by Crippen LogP contribution is 2.31. The van der Waals surface area contributed by atoms with Gasteiger partial charge in [-0.05, 0) is 36.2 Å². The van der Waals surface area contributed by atoms with Crippen molar-refractivity contribution in [2.75, 3.05) is 0 Å². The number of hydrogen-bond donors (Lipinski definition) is 0. The normalized spacial score (nSPS) is 10.5. The Morgan fingerprint density at radius 1 is 0.636 bits per heavy atom. The van der Waals surface area contributed by atoms with Crippen molar-refractivity contribution in [3.05, 3.63) is 72.3 Å². The summed E-state index contributed by atoms with van der Waals surface area (Å²) in [6.07, 6.45) is 0. The molecule has 0 saturated heterocycles. The summed E-state index contributed by atoms with van der Waals surface area (Å²) in [5.41, 5.74) is 5.58. The zero-order valence-corrected chi connectivity index (χ0v) is 13.3. The number of rotatable bonds is 1. The van der Waals surface area contributed by atoms with Crippen LogP contribution in [0.15, 0.2) is 71.1 Å². The summed E-state index contributed by atoms with van der Waals surface area (Å²) in [7, 11) is 0. The van der Waals surface area contributed by atoms with Gasteiger partial charge in [-0.3, -0.25) is 0 Å². The molecule has 1 nitrogen and oxygen atoms in total. The summed E-state index contributed by atoms with van der Waals surface area (Å²) < 4.78 is 5.94. The third-order valence-corrected chi connectivity index (χ3v) is 3.76.